The normalized spacial score (nSPS) is 11.6. The fourth-order valence-electron chi connectivity index (χ4n) is 2.50. The van der Waals surface area contributed by atoms with Gasteiger partial charge in [-0.05, 0) is 56.8 Å². The maximum Gasteiger partial charge on any atom is 0.255 e. The molecule has 0 radical (unpaired) electrons. The van der Waals surface area contributed by atoms with Gasteiger partial charge in [0.25, 0.3) is 5.91 Å². The minimum atomic E-state index is -0.151. The van der Waals surface area contributed by atoms with Crippen LogP contribution in [0.2, 0.25) is 0 Å². The average Bonchev–Trinajstić information content (AvgIpc) is 2.63. The molecule has 0 aliphatic carbocycles. The Kier molecular flexibility index (Phi) is 7.16. The van der Waals surface area contributed by atoms with Crippen LogP contribution in [0.15, 0.2) is 54.6 Å². The van der Waals surface area contributed by atoms with Crippen molar-refractivity contribution in [3.05, 3.63) is 65.7 Å². The molecular formula is C20H25N3O2. The van der Waals surface area contributed by atoms with Crippen LogP contribution >= 0.6 is 0 Å². The van der Waals surface area contributed by atoms with Crippen molar-refractivity contribution in [2.45, 2.75) is 25.8 Å². The lowest BCUT2D eigenvalue weighted by molar-refractivity contribution is -0.121. The monoisotopic (exact) mass is 339 g/mol. The van der Waals surface area contributed by atoms with E-state index in [2.05, 4.69) is 16.0 Å². The summed E-state index contributed by atoms with van der Waals surface area (Å²) in [6.07, 6.45) is 1.30. The molecule has 2 aromatic carbocycles. The maximum atomic E-state index is 12.2. The number of hydrogen-bond acceptors (Lipinski definition) is 3. The highest BCUT2D eigenvalue weighted by molar-refractivity contribution is 6.04. The first-order chi connectivity index (χ1) is 12.1. The minimum absolute atomic E-state index is 0.0291. The highest BCUT2D eigenvalue weighted by Crippen LogP contribution is 2.18. The molecule has 132 valence electrons. The summed E-state index contributed by atoms with van der Waals surface area (Å²) in [6.45, 7) is 2.76. The summed E-state index contributed by atoms with van der Waals surface area (Å²) in [5.74, 6) is -0.122. The van der Waals surface area contributed by atoms with Gasteiger partial charge in [-0.25, -0.2) is 0 Å². The summed E-state index contributed by atoms with van der Waals surface area (Å²) in [6, 6.07) is 16.5. The van der Waals surface area contributed by atoms with Crippen molar-refractivity contribution in [2.24, 2.45) is 0 Å². The van der Waals surface area contributed by atoms with Gasteiger partial charge in [0.05, 0.1) is 6.04 Å². The van der Waals surface area contributed by atoms with Crippen LogP contribution in [0.4, 0.5) is 5.69 Å². The van der Waals surface area contributed by atoms with Crippen molar-refractivity contribution in [3.8, 4) is 0 Å². The van der Waals surface area contributed by atoms with Gasteiger partial charge in [-0.3, -0.25) is 9.59 Å². The van der Waals surface area contributed by atoms with E-state index >= 15 is 0 Å². The zero-order valence-corrected chi connectivity index (χ0v) is 14.7. The quantitative estimate of drug-likeness (QED) is 0.647. The van der Waals surface area contributed by atoms with Crippen LogP contribution in [0.5, 0.6) is 0 Å². The molecule has 0 spiro atoms. The molecule has 0 bridgehead atoms. The second-order valence-corrected chi connectivity index (χ2v) is 5.94. The molecule has 0 saturated carbocycles. The molecule has 5 heteroatoms. The first-order valence-electron chi connectivity index (χ1n) is 8.50. The lowest BCUT2D eigenvalue weighted by atomic mass is 10.1. The Morgan fingerprint density at radius 1 is 1.04 bits per heavy atom. The number of rotatable bonds is 8. The topological polar surface area (TPSA) is 70.2 Å². The molecule has 2 aromatic rings. The van der Waals surface area contributed by atoms with Crippen molar-refractivity contribution in [2.75, 3.05) is 18.9 Å². The molecule has 25 heavy (non-hydrogen) atoms. The molecule has 2 amide bonds. The number of carbonyl (C=O) groups excluding carboxylic acids is 2. The van der Waals surface area contributed by atoms with E-state index in [0.29, 0.717) is 17.7 Å². The maximum absolute atomic E-state index is 12.2. The van der Waals surface area contributed by atoms with Gasteiger partial charge in [-0.2, -0.15) is 0 Å². The zero-order chi connectivity index (χ0) is 18.1. The van der Waals surface area contributed by atoms with Crippen molar-refractivity contribution >= 4 is 17.5 Å². The van der Waals surface area contributed by atoms with Crippen LogP contribution in [-0.2, 0) is 4.79 Å². The van der Waals surface area contributed by atoms with Gasteiger partial charge in [0.1, 0.15) is 0 Å². The Bertz CT molecular complexity index is 701. The fourth-order valence-corrected chi connectivity index (χ4v) is 2.50. The summed E-state index contributed by atoms with van der Waals surface area (Å²) in [7, 11) is 1.87. The number of hydrogen-bond donors (Lipinski definition) is 3. The van der Waals surface area contributed by atoms with Gasteiger partial charge in [-0.1, -0.05) is 30.3 Å². The number of amides is 2. The SMILES string of the molecule is CNCCCC(=O)NC(C)c1cccc(NC(=O)c2ccccc2)c1. The molecule has 0 fully saturated rings. The molecule has 0 heterocycles. The fraction of sp³-hybridized carbons (Fsp3) is 0.300. The van der Waals surface area contributed by atoms with Gasteiger partial charge >= 0.3 is 0 Å². The second-order valence-electron chi connectivity index (χ2n) is 5.94. The third-order valence-corrected chi connectivity index (χ3v) is 3.89. The average molecular weight is 339 g/mol. The van der Waals surface area contributed by atoms with E-state index in [1.165, 1.54) is 0 Å². The third-order valence-electron chi connectivity index (χ3n) is 3.89. The van der Waals surface area contributed by atoms with E-state index in [-0.39, 0.29) is 17.9 Å². The predicted octanol–water partition coefficient (Wildman–Crippen LogP) is 3.12. The van der Waals surface area contributed by atoms with Gasteiger partial charge in [0, 0.05) is 17.7 Å². The summed E-state index contributed by atoms with van der Waals surface area (Å²) in [5, 5.41) is 8.90. The molecule has 3 N–H and O–H groups in total. The molecule has 0 aliphatic rings. The highest BCUT2D eigenvalue weighted by Gasteiger charge is 2.11. The number of carbonyl (C=O) groups is 2. The largest absolute Gasteiger partial charge is 0.350 e. The summed E-state index contributed by atoms with van der Waals surface area (Å²) >= 11 is 0. The molecule has 0 aliphatic heterocycles. The van der Waals surface area contributed by atoms with Crippen LogP contribution in [0.1, 0.15) is 41.7 Å². The number of anilines is 1. The lowest BCUT2D eigenvalue weighted by Gasteiger charge is -2.16. The Hall–Kier alpha value is -2.66. The molecule has 5 nitrogen and oxygen atoms in total. The van der Waals surface area contributed by atoms with Gasteiger partial charge in [0.15, 0.2) is 0 Å². The first-order valence-corrected chi connectivity index (χ1v) is 8.50. The van der Waals surface area contributed by atoms with Crippen LogP contribution < -0.4 is 16.0 Å². The Labute approximate surface area is 148 Å². The standard InChI is InChI=1S/C20H25N3O2/c1-15(22-19(24)12-7-13-21-2)17-10-6-11-18(14-17)23-20(25)16-8-4-3-5-9-16/h3-6,8-11,14-15,21H,7,12-13H2,1-2H3,(H,22,24)(H,23,25). The smallest absolute Gasteiger partial charge is 0.255 e. The highest BCUT2D eigenvalue weighted by atomic mass is 16.2. The molecule has 1 atom stereocenters. The van der Waals surface area contributed by atoms with Crippen molar-refractivity contribution < 1.29 is 9.59 Å². The molecular weight excluding hydrogens is 314 g/mol. The Morgan fingerprint density at radius 3 is 2.52 bits per heavy atom. The van der Waals surface area contributed by atoms with Gasteiger partial charge in [0.2, 0.25) is 5.91 Å². The van der Waals surface area contributed by atoms with Crippen molar-refractivity contribution in [1.29, 1.82) is 0 Å². The molecule has 0 saturated heterocycles. The summed E-state index contributed by atoms with van der Waals surface area (Å²) < 4.78 is 0. The number of nitrogens with one attached hydrogen (secondary N) is 3. The molecule has 2 rings (SSSR count). The van der Waals surface area contributed by atoms with E-state index in [0.717, 1.165) is 18.5 Å². The van der Waals surface area contributed by atoms with E-state index in [1.807, 2.05) is 56.4 Å². The third kappa shape index (κ3) is 6.04. The van der Waals surface area contributed by atoms with E-state index < -0.39 is 0 Å². The van der Waals surface area contributed by atoms with Crippen molar-refractivity contribution in [1.82, 2.24) is 10.6 Å². The summed E-state index contributed by atoms with van der Waals surface area (Å²) in [4.78, 5) is 24.2. The van der Waals surface area contributed by atoms with Crippen LogP contribution in [-0.4, -0.2) is 25.4 Å². The van der Waals surface area contributed by atoms with E-state index in [9.17, 15) is 9.59 Å². The van der Waals surface area contributed by atoms with Crippen LogP contribution in [0, 0.1) is 0 Å². The number of benzene rings is 2. The lowest BCUT2D eigenvalue weighted by Crippen LogP contribution is -2.27. The minimum Gasteiger partial charge on any atom is -0.350 e. The molecule has 1 unspecified atom stereocenters. The first kappa shape index (κ1) is 18.7. The van der Waals surface area contributed by atoms with E-state index in [4.69, 9.17) is 0 Å². The van der Waals surface area contributed by atoms with Gasteiger partial charge < -0.3 is 16.0 Å². The Morgan fingerprint density at radius 2 is 1.80 bits per heavy atom. The summed E-state index contributed by atoms with van der Waals surface area (Å²) in [5.41, 5.74) is 2.27. The second kappa shape index (κ2) is 9.59. The molecule has 0 aromatic heterocycles. The van der Waals surface area contributed by atoms with Gasteiger partial charge in [-0.15, -0.1) is 0 Å². The van der Waals surface area contributed by atoms with E-state index in [1.54, 1.807) is 12.1 Å². The Balaban J connectivity index is 1.96. The predicted molar refractivity (Wildman–Crippen MR) is 101 cm³/mol. The van der Waals surface area contributed by atoms with Crippen LogP contribution in [0.25, 0.3) is 0 Å². The zero-order valence-electron chi connectivity index (χ0n) is 14.7. The van der Waals surface area contributed by atoms with Crippen molar-refractivity contribution in [3.63, 3.8) is 0 Å². The van der Waals surface area contributed by atoms with Crippen LogP contribution in [0.3, 0.4) is 0 Å².